The molecule has 2 heterocycles. The number of likely N-dealkylation sites (tertiary alicyclic amines) is 1. The van der Waals surface area contributed by atoms with Gasteiger partial charge in [-0.1, -0.05) is 12.1 Å². The number of guanidine groups is 1. The predicted octanol–water partition coefficient (Wildman–Crippen LogP) is 3.45. The Morgan fingerprint density at radius 2 is 1.94 bits per heavy atom. The summed E-state index contributed by atoms with van der Waals surface area (Å²) in [5, 5.41) is 6.85. The molecule has 0 spiro atoms. The Morgan fingerprint density at radius 3 is 2.56 bits per heavy atom. The summed E-state index contributed by atoms with van der Waals surface area (Å²) in [6.07, 6.45) is 3.28. The number of amides is 1. The molecule has 176 valence electrons. The van der Waals surface area contributed by atoms with Gasteiger partial charge in [0.1, 0.15) is 11.5 Å². The quantitative estimate of drug-likeness (QED) is 0.298. The molecule has 0 bridgehead atoms. The van der Waals surface area contributed by atoms with Gasteiger partial charge in [0.05, 0.1) is 6.04 Å². The minimum absolute atomic E-state index is 0. The van der Waals surface area contributed by atoms with Crippen molar-refractivity contribution < 1.29 is 9.21 Å². The molecule has 1 saturated heterocycles. The Balaban J connectivity index is 0.00000363. The van der Waals surface area contributed by atoms with Gasteiger partial charge in [-0.2, -0.15) is 0 Å². The van der Waals surface area contributed by atoms with Crippen LogP contribution in [0.4, 0.5) is 0 Å². The second-order valence-electron chi connectivity index (χ2n) is 8.24. The lowest BCUT2D eigenvalue weighted by Crippen LogP contribution is -2.43. The smallest absolute Gasteiger partial charge is 0.253 e. The van der Waals surface area contributed by atoms with Gasteiger partial charge in [0, 0.05) is 39.8 Å². The zero-order chi connectivity index (χ0) is 22.2. The highest BCUT2D eigenvalue weighted by molar-refractivity contribution is 14.0. The van der Waals surface area contributed by atoms with Crippen LogP contribution >= 0.6 is 24.0 Å². The SMILES string of the molecule is CN=C(NCCc1cccc(C(=O)N(C)C)c1)NCC(c1ccc(C)o1)N1CCCC1.I. The molecule has 7 nitrogen and oxygen atoms in total. The Morgan fingerprint density at radius 1 is 1.19 bits per heavy atom. The number of hydrogen-bond acceptors (Lipinski definition) is 4. The number of nitrogens with zero attached hydrogens (tertiary/aromatic N) is 3. The molecule has 0 aliphatic carbocycles. The molecule has 3 rings (SSSR count). The van der Waals surface area contributed by atoms with Gasteiger partial charge in [0.15, 0.2) is 5.96 Å². The molecule has 8 heteroatoms. The first-order chi connectivity index (χ1) is 15.0. The van der Waals surface area contributed by atoms with E-state index >= 15 is 0 Å². The van der Waals surface area contributed by atoms with E-state index in [-0.39, 0.29) is 35.9 Å². The topological polar surface area (TPSA) is 73.1 Å². The van der Waals surface area contributed by atoms with Crippen LogP contribution in [-0.2, 0) is 6.42 Å². The summed E-state index contributed by atoms with van der Waals surface area (Å²) in [4.78, 5) is 20.6. The third-order valence-corrected chi connectivity index (χ3v) is 5.64. The average molecular weight is 553 g/mol. The van der Waals surface area contributed by atoms with E-state index < -0.39 is 0 Å². The number of aryl methyl sites for hydroxylation is 1. The van der Waals surface area contributed by atoms with Gasteiger partial charge >= 0.3 is 0 Å². The average Bonchev–Trinajstić information content (AvgIpc) is 3.44. The summed E-state index contributed by atoms with van der Waals surface area (Å²) in [6.45, 7) is 5.65. The summed E-state index contributed by atoms with van der Waals surface area (Å²) >= 11 is 0. The molecule has 1 unspecified atom stereocenters. The van der Waals surface area contributed by atoms with Crippen molar-refractivity contribution >= 4 is 35.8 Å². The summed E-state index contributed by atoms with van der Waals surface area (Å²) in [5.74, 6) is 2.74. The molecule has 1 aromatic heterocycles. The summed E-state index contributed by atoms with van der Waals surface area (Å²) in [7, 11) is 5.32. The number of carbonyl (C=O) groups excluding carboxylic acids is 1. The van der Waals surface area contributed by atoms with Crippen LogP contribution < -0.4 is 10.6 Å². The fourth-order valence-corrected chi connectivity index (χ4v) is 3.95. The van der Waals surface area contributed by atoms with Gasteiger partial charge in [-0.25, -0.2) is 0 Å². The Hall–Kier alpha value is -2.07. The van der Waals surface area contributed by atoms with E-state index in [1.165, 1.54) is 12.8 Å². The molecule has 1 amide bonds. The highest BCUT2D eigenvalue weighted by Gasteiger charge is 2.26. The van der Waals surface area contributed by atoms with Crippen molar-refractivity contribution in [2.45, 2.75) is 32.2 Å². The number of aliphatic imine (C=N–C) groups is 1. The van der Waals surface area contributed by atoms with Gasteiger partial charge in [0.25, 0.3) is 5.91 Å². The van der Waals surface area contributed by atoms with Crippen LogP contribution in [0.15, 0.2) is 45.8 Å². The molecule has 1 aromatic carbocycles. The number of halogens is 1. The monoisotopic (exact) mass is 553 g/mol. The first kappa shape index (κ1) is 26.2. The standard InChI is InChI=1S/C24H35N5O2.HI/c1-18-10-11-22(31-18)21(29-14-5-6-15-29)17-27-24(25-2)26-13-12-19-8-7-9-20(16-19)23(30)28(3)4;/h7-11,16,21H,5-6,12-15,17H2,1-4H3,(H2,25,26,27);1H. The van der Waals surface area contributed by atoms with Gasteiger partial charge in [-0.05, 0) is 69.1 Å². The summed E-state index contributed by atoms with van der Waals surface area (Å²) in [5.41, 5.74) is 1.84. The highest BCUT2D eigenvalue weighted by atomic mass is 127. The Bertz CT molecular complexity index is 890. The molecular formula is C24H36IN5O2. The van der Waals surface area contributed by atoms with E-state index in [2.05, 4.69) is 26.6 Å². The van der Waals surface area contributed by atoms with Gasteiger partial charge in [-0.15, -0.1) is 24.0 Å². The number of carbonyl (C=O) groups is 1. The number of rotatable bonds is 8. The predicted molar refractivity (Wildman–Crippen MR) is 140 cm³/mol. The fourth-order valence-electron chi connectivity index (χ4n) is 3.95. The largest absolute Gasteiger partial charge is 0.465 e. The van der Waals surface area contributed by atoms with E-state index in [4.69, 9.17) is 4.42 Å². The molecule has 2 aromatic rings. The van der Waals surface area contributed by atoms with Crippen LogP contribution in [0, 0.1) is 6.92 Å². The number of benzene rings is 1. The fraction of sp³-hybridized carbons (Fsp3) is 0.500. The molecule has 1 fully saturated rings. The normalized spacial score (nSPS) is 15.2. The zero-order valence-electron chi connectivity index (χ0n) is 19.6. The minimum atomic E-state index is 0. The van der Waals surface area contributed by atoms with E-state index in [0.717, 1.165) is 55.6 Å². The zero-order valence-corrected chi connectivity index (χ0v) is 21.9. The van der Waals surface area contributed by atoms with Crippen LogP contribution in [0.3, 0.4) is 0 Å². The molecular weight excluding hydrogens is 517 g/mol. The lowest BCUT2D eigenvalue weighted by atomic mass is 10.1. The van der Waals surface area contributed by atoms with Crippen molar-refractivity contribution in [2.75, 3.05) is 47.3 Å². The molecule has 0 radical (unpaired) electrons. The Labute approximate surface area is 208 Å². The van der Waals surface area contributed by atoms with Gasteiger partial charge < -0.3 is 20.0 Å². The maximum Gasteiger partial charge on any atom is 0.253 e. The van der Waals surface area contributed by atoms with E-state index in [1.807, 2.05) is 37.3 Å². The maximum absolute atomic E-state index is 12.2. The first-order valence-electron chi connectivity index (χ1n) is 11.0. The van der Waals surface area contributed by atoms with Gasteiger partial charge in [-0.3, -0.25) is 14.7 Å². The number of hydrogen-bond donors (Lipinski definition) is 2. The maximum atomic E-state index is 12.2. The summed E-state index contributed by atoms with van der Waals surface area (Å²) in [6, 6.07) is 12.1. The number of furan rings is 1. The Kier molecular flexibility index (Phi) is 10.5. The molecule has 1 aliphatic heterocycles. The van der Waals surface area contributed by atoms with Gasteiger partial charge in [0.2, 0.25) is 0 Å². The first-order valence-corrected chi connectivity index (χ1v) is 11.0. The van der Waals surface area contributed by atoms with Crippen LogP contribution in [0.5, 0.6) is 0 Å². The van der Waals surface area contributed by atoms with Crippen LogP contribution in [0.25, 0.3) is 0 Å². The van der Waals surface area contributed by atoms with E-state index in [9.17, 15) is 4.79 Å². The van der Waals surface area contributed by atoms with Crippen molar-refractivity contribution in [1.82, 2.24) is 20.4 Å². The van der Waals surface area contributed by atoms with Crippen LogP contribution in [0.2, 0.25) is 0 Å². The molecule has 1 atom stereocenters. The third-order valence-electron chi connectivity index (χ3n) is 5.64. The van der Waals surface area contributed by atoms with Crippen molar-refractivity contribution in [1.29, 1.82) is 0 Å². The minimum Gasteiger partial charge on any atom is -0.465 e. The van der Waals surface area contributed by atoms with E-state index in [0.29, 0.717) is 5.56 Å². The molecule has 1 aliphatic rings. The third kappa shape index (κ3) is 7.23. The van der Waals surface area contributed by atoms with Crippen molar-refractivity contribution in [2.24, 2.45) is 4.99 Å². The number of nitrogens with one attached hydrogen (secondary N) is 2. The molecule has 2 N–H and O–H groups in total. The van der Waals surface area contributed by atoms with Crippen molar-refractivity contribution in [3.05, 3.63) is 59.0 Å². The lowest BCUT2D eigenvalue weighted by Gasteiger charge is -2.26. The van der Waals surface area contributed by atoms with Crippen molar-refractivity contribution in [3.8, 4) is 0 Å². The second kappa shape index (κ2) is 12.8. The van der Waals surface area contributed by atoms with E-state index in [1.54, 1.807) is 26.0 Å². The van der Waals surface area contributed by atoms with Crippen LogP contribution in [0.1, 0.15) is 46.3 Å². The molecule has 0 saturated carbocycles. The lowest BCUT2D eigenvalue weighted by molar-refractivity contribution is 0.0827. The van der Waals surface area contributed by atoms with Crippen molar-refractivity contribution in [3.63, 3.8) is 0 Å². The second-order valence-corrected chi connectivity index (χ2v) is 8.24. The van der Waals surface area contributed by atoms with Crippen LogP contribution in [-0.4, -0.2) is 69.0 Å². The highest BCUT2D eigenvalue weighted by Crippen LogP contribution is 2.26. The molecule has 32 heavy (non-hydrogen) atoms. The summed E-state index contributed by atoms with van der Waals surface area (Å²) < 4.78 is 5.94.